The Hall–Kier alpha value is -1.95. The van der Waals surface area contributed by atoms with Gasteiger partial charge in [-0.3, -0.25) is 9.59 Å². The van der Waals surface area contributed by atoms with E-state index in [1.54, 1.807) is 0 Å². The molecule has 6 heteroatoms. The maximum Gasteiger partial charge on any atom is 0.271 e. The van der Waals surface area contributed by atoms with Crippen molar-refractivity contribution in [2.75, 3.05) is 0 Å². The van der Waals surface area contributed by atoms with Gasteiger partial charge in [-0.25, -0.2) is 4.98 Å². The summed E-state index contributed by atoms with van der Waals surface area (Å²) >= 11 is 3.48. The molecule has 2 aromatic rings. The number of benzene rings is 1. The smallest absolute Gasteiger partial charge is 0.271 e. The van der Waals surface area contributed by atoms with E-state index in [0.29, 0.717) is 6.42 Å². The van der Waals surface area contributed by atoms with Crippen LogP contribution in [0, 0.1) is 0 Å². The number of H-pyrrole nitrogens is 1. The molecule has 1 unspecified atom stereocenters. The van der Waals surface area contributed by atoms with Crippen molar-refractivity contribution < 1.29 is 4.79 Å². The van der Waals surface area contributed by atoms with Crippen molar-refractivity contribution in [1.82, 2.24) is 15.3 Å². The first-order valence-corrected chi connectivity index (χ1v) is 6.94. The van der Waals surface area contributed by atoms with E-state index in [1.807, 2.05) is 31.2 Å². The van der Waals surface area contributed by atoms with E-state index in [4.69, 9.17) is 0 Å². The lowest BCUT2D eigenvalue weighted by atomic mass is 10.1. The minimum absolute atomic E-state index is 0.0464. The van der Waals surface area contributed by atoms with Gasteiger partial charge in [0, 0.05) is 16.7 Å². The normalized spacial score (nSPS) is 11.9. The number of nitrogens with one attached hydrogen (secondary N) is 2. The molecule has 0 bridgehead atoms. The minimum atomic E-state index is -0.331. The lowest BCUT2D eigenvalue weighted by molar-refractivity contribution is 0.0934. The second-order valence-electron chi connectivity index (χ2n) is 4.47. The summed E-state index contributed by atoms with van der Waals surface area (Å²) in [5, 5.41) is 2.85. The molecule has 0 spiro atoms. The lowest BCUT2D eigenvalue weighted by Gasteiger charge is -2.14. The molecule has 2 N–H and O–H groups in total. The van der Waals surface area contributed by atoms with Crippen LogP contribution >= 0.6 is 15.9 Å². The third-order valence-electron chi connectivity index (χ3n) is 2.77. The zero-order valence-electron chi connectivity index (χ0n) is 10.9. The van der Waals surface area contributed by atoms with Crippen molar-refractivity contribution in [3.63, 3.8) is 0 Å². The van der Waals surface area contributed by atoms with Crippen LogP contribution in [0.2, 0.25) is 0 Å². The Bertz CT molecular complexity index is 649. The number of aromatic amines is 1. The number of nitrogens with zero attached hydrogens (tertiary/aromatic N) is 1. The molecule has 2 rings (SSSR count). The fourth-order valence-corrected chi connectivity index (χ4v) is 2.26. The molecule has 0 aliphatic heterocycles. The highest BCUT2D eigenvalue weighted by atomic mass is 79.9. The average Bonchev–Trinajstić information content (AvgIpc) is 2.42. The van der Waals surface area contributed by atoms with Gasteiger partial charge < -0.3 is 10.3 Å². The molecular formula is C14H14BrN3O2. The number of halogens is 1. The quantitative estimate of drug-likeness (QED) is 0.895. The van der Waals surface area contributed by atoms with E-state index in [2.05, 4.69) is 31.2 Å². The minimum Gasteiger partial charge on any atom is -0.348 e. The number of rotatable bonds is 4. The third-order valence-corrected chi connectivity index (χ3v) is 3.54. The molecule has 0 fully saturated rings. The van der Waals surface area contributed by atoms with Gasteiger partial charge in [0.15, 0.2) is 0 Å². The standard InChI is InChI=1S/C14H14BrN3O2/c1-9(6-10-4-2-3-5-11(10)15)18-14(20)12-7-17-13(19)8-16-12/h2-5,7-9H,6H2,1H3,(H,17,19)(H,18,20). The monoisotopic (exact) mass is 335 g/mol. The summed E-state index contributed by atoms with van der Waals surface area (Å²) in [4.78, 5) is 29.0. The topological polar surface area (TPSA) is 74.8 Å². The Balaban J connectivity index is 1.99. The molecule has 0 radical (unpaired) electrons. The van der Waals surface area contributed by atoms with Crippen LogP contribution in [0.25, 0.3) is 0 Å². The van der Waals surface area contributed by atoms with Gasteiger partial charge in [0.25, 0.3) is 11.5 Å². The van der Waals surface area contributed by atoms with Gasteiger partial charge in [-0.2, -0.15) is 0 Å². The highest BCUT2D eigenvalue weighted by Gasteiger charge is 2.12. The predicted octanol–water partition coefficient (Wildman–Crippen LogP) is 1.89. The number of hydrogen-bond acceptors (Lipinski definition) is 3. The fourth-order valence-electron chi connectivity index (χ4n) is 1.81. The van der Waals surface area contributed by atoms with Gasteiger partial charge in [0.2, 0.25) is 0 Å². The van der Waals surface area contributed by atoms with E-state index < -0.39 is 0 Å². The van der Waals surface area contributed by atoms with Crippen molar-refractivity contribution in [3.8, 4) is 0 Å². The number of carbonyl (C=O) groups is 1. The zero-order valence-corrected chi connectivity index (χ0v) is 12.5. The first-order valence-electron chi connectivity index (χ1n) is 6.15. The molecule has 0 aliphatic rings. The SMILES string of the molecule is CC(Cc1ccccc1Br)NC(=O)c1c[nH]c(=O)cn1. The summed E-state index contributed by atoms with van der Waals surface area (Å²) in [5.74, 6) is -0.305. The zero-order chi connectivity index (χ0) is 14.5. The van der Waals surface area contributed by atoms with Crippen LogP contribution < -0.4 is 10.9 Å². The van der Waals surface area contributed by atoms with E-state index in [9.17, 15) is 9.59 Å². The molecular weight excluding hydrogens is 322 g/mol. The number of amides is 1. The first kappa shape index (κ1) is 14.5. The van der Waals surface area contributed by atoms with E-state index in [0.717, 1.165) is 16.2 Å². The first-order chi connectivity index (χ1) is 9.56. The largest absolute Gasteiger partial charge is 0.348 e. The fraction of sp³-hybridized carbons (Fsp3) is 0.214. The number of hydrogen-bond donors (Lipinski definition) is 2. The van der Waals surface area contributed by atoms with Gasteiger partial charge in [-0.1, -0.05) is 34.1 Å². The molecule has 1 heterocycles. The van der Waals surface area contributed by atoms with Crippen molar-refractivity contribution in [3.05, 3.63) is 62.7 Å². The maximum atomic E-state index is 11.9. The van der Waals surface area contributed by atoms with E-state index >= 15 is 0 Å². The van der Waals surface area contributed by atoms with Crippen molar-refractivity contribution in [2.45, 2.75) is 19.4 Å². The van der Waals surface area contributed by atoms with E-state index in [1.165, 1.54) is 6.20 Å². The van der Waals surface area contributed by atoms with Crippen molar-refractivity contribution in [1.29, 1.82) is 0 Å². The van der Waals surface area contributed by atoms with Crippen LogP contribution in [0.15, 0.2) is 45.9 Å². The molecule has 5 nitrogen and oxygen atoms in total. The Labute approximate surface area is 124 Å². The van der Waals surface area contributed by atoms with Gasteiger partial charge in [0.1, 0.15) is 5.69 Å². The summed E-state index contributed by atoms with van der Waals surface area (Å²) in [6.07, 6.45) is 3.10. The molecule has 1 aromatic heterocycles. The van der Waals surface area contributed by atoms with Gasteiger partial charge in [-0.05, 0) is 25.0 Å². The van der Waals surface area contributed by atoms with Gasteiger partial charge in [0.05, 0.1) is 6.20 Å². The van der Waals surface area contributed by atoms with Gasteiger partial charge in [-0.15, -0.1) is 0 Å². The van der Waals surface area contributed by atoms with Crippen LogP contribution in [0.3, 0.4) is 0 Å². The molecule has 1 amide bonds. The van der Waals surface area contributed by atoms with Crippen LogP contribution in [0.4, 0.5) is 0 Å². The Morgan fingerprint density at radius 2 is 2.20 bits per heavy atom. The molecule has 104 valence electrons. The molecule has 1 atom stereocenters. The molecule has 0 saturated heterocycles. The van der Waals surface area contributed by atoms with E-state index in [-0.39, 0.29) is 23.2 Å². The predicted molar refractivity (Wildman–Crippen MR) is 79.6 cm³/mol. The van der Waals surface area contributed by atoms with Crippen LogP contribution in [-0.4, -0.2) is 21.9 Å². The molecule has 0 saturated carbocycles. The summed E-state index contributed by atoms with van der Waals surface area (Å²) in [6.45, 7) is 1.92. The Morgan fingerprint density at radius 1 is 1.45 bits per heavy atom. The highest BCUT2D eigenvalue weighted by Crippen LogP contribution is 2.17. The third kappa shape index (κ3) is 3.77. The molecule has 1 aromatic carbocycles. The van der Waals surface area contributed by atoms with Crippen LogP contribution in [-0.2, 0) is 6.42 Å². The molecule has 20 heavy (non-hydrogen) atoms. The summed E-state index contributed by atoms with van der Waals surface area (Å²) in [6, 6.07) is 7.83. The van der Waals surface area contributed by atoms with Gasteiger partial charge >= 0.3 is 0 Å². The maximum absolute atomic E-state index is 11.9. The second-order valence-corrected chi connectivity index (χ2v) is 5.32. The van der Waals surface area contributed by atoms with Crippen molar-refractivity contribution >= 4 is 21.8 Å². The Kier molecular flexibility index (Phi) is 4.68. The Morgan fingerprint density at radius 3 is 2.85 bits per heavy atom. The summed E-state index contributed by atoms with van der Waals surface area (Å²) in [7, 11) is 0. The number of carbonyl (C=O) groups excluding carboxylic acids is 1. The van der Waals surface area contributed by atoms with Crippen LogP contribution in [0.5, 0.6) is 0 Å². The number of aromatic nitrogens is 2. The highest BCUT2D eigenvalue weighted by molar-refractivity contribution is 9.10. The molecule has 0 aliphatic carbocycles. The summed E-state index contributed by atoms with van der Waals surface area (Å²) < 4.78 is 1.02. The van der Waals surface area contributed by atoms with Crippen molar-refractivity contribution in [2.24, 2.45) is 0 Å². The van der Waals surface area contributed by atoms with Crippen LogP contribution in [0.1, 0.15) is 23.0 Å². The second kappa shape index (κ2) is 6.47. The average molecular weight is 336 g/mol. The lowest BCUT2D eigenvalue weighted by Crippen LogP contribution is -2.35. The summed E-state index contributed by atoms with van der Waals surface area (Å²) in [5.41, 5.74) is 0.987.